The molecule has 0 unspecified atom stereocenters. The summed E-state index contributed by atoms with van der Waals surface area (Å²) in [7, 11) is 6.54. The lowest BCUT2D eigenvalue weighted by Gasteiger charge is -2.32. The maximum atomic E-state index is 14.2. The topological polar surface area (TPSA) is 190 Å². The number of ether oxygens (including phenoxy) is 8. The van der Waals surface area contributed by atoms with Gasteiger partial charge in [-0.25, -0.2) is 0 Å². The van der Waals surface area contributed by atoms with Crippen LogP contribution in [0.25, 0.3) is 0 Å². The predicted octanol–water partition coefficient (Wildman–Crippen LogP) is 16.8. The average Bonchev–Trinajstić information content (AvgIpc) is 0.750. The van der Waals surface area contributed by atoms with Gasteiger partial charge in [-0.15, -0.1) is 0 Å². The van der Waals surface area contributed by atoms with Gasteiger partial charge in [-0.05, 0) is 99.9 Å². The van der Waals surface area contributed by atoms with Crippen molar-refractivity contribution in [3.63, 3.8) is 0 Å². The van der Waals surface area contributed by atoms with Crippen LogP contribution in [0.2, 0.25) is 0 Å². The number of fused-ring (bicyclic) bond motifs is 8. The van der Waals surface area contributed by atoms with Crippen LogP contribution < -0.4 is 59.2 Å². The maximum absolute atomic E-state index is 14.2. The highest BCUT2D eigenvalue weighted by Gasteiger charge is 2.36. The molecule has 4 N–H and O–H groups in total. The summed E-state index contributed by atoms with van der Waals surface area (Å²) in [6.07, 6.45) is 5.16. The molecular weight excluding hydrogens is 1260 g/mol. The molecule has 0 saturated heterocycles. The van der Waals surface area contributed by atoms with Gasteiger partial charge in [0, 0.05) is 92.4 Å². The standard InChI is InChI=1S/C84H100N4O12/c1-13-29-61-65-41-70(78(45-73(65)93-9)98-50-82(90)86-54(6)58-35-23-18-24-36-58)63(31-15-3)67-43-72(80(47-75(67)95-11)100-52-84(92)88-56(8)60-39-27-20-28-40-60)64(32-16-4)68-44-71(79(48-76(68)96-12)99-51-83(91)87-55(7)59-37-25-19-26-38-59)62(30-14-2)66-42-69(61)77(46-74(66)94-10)97-49-81(89)85-53(5)57-33-21-17-22-34-57/h17-28,33-48,53-56,61-64H,13-16,29-32,49-52H2,1-12H3,(H,85,89)(H,86,90)(H,87,91)(H,88,92)/t53-,54-,55-,56-,61+,62+,63+,64+/m1/s1. The molecule has 528 valence electrons. The highest BCUT2D eigenvalue weighted by molar-refractivity contribution is 5.80. The molecule has 100 heavy (non-hydrogen) atoms. The minimum atomic E-state index is -0.471. The van der Waals surface area contributed by atoms with Gasteiger partial charge in [0.15, 0.2) is 26.4 Å². The Hall–Kier alpha value is -9.96. The van der Waals surface area contributed by atoms with Crippen molar-refractivity contribution in [3.05, 3.63) is 237 Å². The summed E-state index contributed by atoms with van der Waals surface area (Å²) in [5, 5.41) is 12.6. The lowest BCUT2D eigenvalue weighted by Crippen LogP contribution is -2.31. The molecule has 0 aromatic heterocycles. The van der Waals surface area contributed by atoms with Crippen LogP contribution in [0.5, 0.6) is 46.0 Å². The van der Waals surface area contributed by atoms with Crippen LogP contribution in [0, 0.1) is 0 Å². The number of hydrogen-bond donors (Lipinski definition) is 4. The Kier molecular flexibility index (Phi) is 26.9. The van der Waals surface area contributed by atoms with Gasteiger partial charge in [0.2, 0.25) is 0 Å². The fraction of sp³-hybridized carbons (Fsp3) is 0.381. The number of carbonyl (C=O) groups excluding carboxylic acids is 4. The predicted molar refractivity (Wildman–Crippen MR) is 393 cm³/mol. The molecule has 0 aliphatic heterocycles. The smallest absolute Gasteiger partial charge is 0.258 e. The molecule has 16 heteroatoms. The molecule has 1 aliphatic rings. The molecule has 0 heterocycles. The molecule has 0 spiro atoms. The SMILES string of the molecule is CCC[C@H]1c2cc(c(OCC(=O)N[C@H](C)c3ccccc3)cc2OC)[C@@H](CCC)c2cc(c(OCC(=O)N[C@H](C)c3ccccc3)cc2OC)[C@@H](CCC)c2cc(c(OCC(=O)N[C@H](C)c3ccccc3)cc2OC)[C@@H](CCC)c2cc1c(OCC(=O)N[C@H](C)c1ccccc1)cc2OC. The third-order valence-corrected chi connectivity index (χ3v) is 18.9. The van der Waals surface area contributed by atoms with Crippen LogP contribution in [0.4, 0.5) is 0 Å². The molecule has 0 fully saturated rings. The third kappa shape index (κ3) is 18.5. The third-order valence-electron chi connectivity index (χ3n) is 18.9. The van der Waals surface area contributed by atoms with Gasteiger partial charge in [-0.1, -0.05) is 175 Å². The van der Waals surface area contributed by atoms with Gasteiger partial charge < -0.3 is 59.2 Å². The zero-order chi connectivity index (χ0) is 71.2. The van der Waals surface area contributed by atoms with Gasteiger partial charge in [-0.2, -0.15) is 0 Å². The van der Waals surface area contributed by atoms with Gasteiger partial charge in [0.1, 0.15) is 46.0 Å². The molecular formula is C84H100N4O12. The average molecular weight is 1360 g/mol. The molecule has 8 atom stereocenters. The zero-order valence-electron chi connectivity index (χ0n) is 60.2. The minimum absolute atomic E-state index is 0.305. The number of nitrogens with one attached hydrogen (secondary N) is 4. The van der Waals surface area contributed by atoms with Crippen molar-refractivity contribution in [1.82, 2.24) is 21.3 Å². The van der Waals surface area contributed by atoms with Crippen LogP contribution in [0.15, 0.2) is 170 Å². The highest BCUT2D eigenvalue weighted by atomic mass is 16.5. The van der Waals surface area contributed by atoms with E-state index < -0.39 is 23.7 Å². The lowest BCUT2D eigenvalue weighted by molar-refractivity contribution is -0.124. The van der Waals surface area contributed by atoms with Crippen LogP contribution in [0.3, 0.4) is 0 Å². The van der Waals surface area contributed by atoms with Crippen molar-refractivity contribution in [2.75, 3.05) is 54.9 Å². The van der Waals surface area contributed by atoms with E-state index in [4.69, 9.17) is 37.9 Å². The van der Waals surface area contributed by atoms with Crippen LogP contribution in [0.1, 0.15) is 221 Å². The Labute approximate surface area is 591 Å². The van der Waals surface area contributed by atoms with E-state index >= 15 is 0 Å². The first-order chi connectivity index (χ1) is 48.5. The summed E-state index contributed by atoms with van der Waals surface area (Å²) in [6.45, 7) is 15.1. The Morgan fingerprint density at radius 3 is 0.640 bits per heavy atom. The van der Waals surface area contributed by atoms with Crippen molar-refractivity contribution < 1.29 is 57.1 Å². The number of methoxy groups -OCH3 is 4. The molecule has 9 rings (SSSR count). The minimum Gasteiger partial charge on any atom is -0.496 e. The first kappa shape index (κ1) is 74.3. The number of amides is 4. The number of benzene rings is 8. The van der Waals surface area contributed by atoms with Crippen molar-refractivity contribution in [2.45, 2.75) is 155 Å². The summed E-state index contributed by atoms with van der Waals surface area (Å²) in [5.74, 6) is 0.592. The lowest BCUT2D eigenvalue weighted by atomic mass is 9.76. The van der Waals surface area contributed by atoms with Crippen LogP contribution in [-0.2, 0) is 19.2 Å². The fourth-order valence-electron chi connectivity index (χ4n) is 13.8. The normalized spacial score (nSPS) is 15.9. The Morgan fingerprint density at radius 1 is 0.290 bits per heavy atom. The fourth-order valence-corrected chi connectivity index (χ4v) is 13.8. The van der Waals surface area contributed by atoms with Gasteiger partial charge >= 0.3 is 0 Å². The first-order valence-electron chi connectivity index (χ1n) is 35.3. The van der Waals surface area contributed by atoms with Crippen molar-refractivity contribution in [2.24, 2.45) is 0 Å². The Balaban J connectivity index is 1.32. The summed E-state index contributed by atoms with van der Waals surface area (Å²) in [5.41, 5.74) is 10.1. The van der Waals surface area contributed by atoms with Gasteiger partial charge in [-0.3, -0.25) is 19.2 Å². The van der Waals surface area contributed by atoms with E-state index in [9.17, 15) is 19.2 Å². The van der Waals surface area contributed by atoms with Crippen molar-refractivity contribution >= 4 is 23.6 Å². The van der Waals surface area contributed by atoms with E-state index in [0.29, 0.717) is 97.4 Å². The first-order valence-corrected chi connectivity index (χ1v) is 35.3. The van der Waals surface area contributed by atoms with Crippen molar-refractivity contribution in [3.8, 4) is 46.0 Å². The molecule has 16 nitrogen and oxygen atoms in total. The van der Waals surface area contributed by atoms with E-state index in [-0.39, 0.29) is 74.2 Å². The zero-order valence-corrected chi connectivity index (χ0v) is 60.2. The summed E-state index contributed by atoms with van der Waals surface area (Å²) in [4.78, 5) is 56.9. The number of hydrogen-bond acceptors (Lipinski definition) is 12. The quantitative estimate of drug-likeness (QED) is 0.0313. The Morgan fingerprint density at radius 2 is 0.470 bits per heavy atom. The van der Waals surface area contributed by atoms with Crippen LogP contribution in [-0.4, -0.2) is 78.5 Å². The highest BCUT2D eigenvalue weighted by Crippen LogP contribution is 2.53. The van der Waals surface area contributed by atoms with Crippen molar-refractivity contribution in [1.29, 1.82) is 0 Å². The molecule has 4 amide bonds. The Bertz CT molecular complexity index is 3490. The summed E-state index contributed by atoms with van der Waals surface area (Å²) in [6, 6.07) is 54.1. The van der Waals surface area contributed by atoms with Gasteiger partial charge in [0.25, 0.3) is 23.6 Å². The number of carbonyl (C=O) groups is 4. The maximum Gasteiger partial charge on any atom is 0.258 e. The summed E-state index contributed by atoms with van der Waals surface area (Å²) < 4.78 is 53.6. The molecule has 8 bridgehead atoms. The van der Waals surface area contributed by atoms with E-state index in [0.717, 1.165) is 66.8 Å². The van der Waals surface area contributed by atoms with Gasteiger partial charge in [0.05, 0.1) is 52.6 Å². The summed E-state index contributed by atoms with van der Waals surface area (Å²) >= 11 is 0. The van der Waals surface area contributed by atoms with E-state index in [1.807, 2.05) is 173 Å². The van der Waals surface area contributed by atoms with E-state index in [1.165, 1.54) is 0 Å². The molecule has 1 aliphatic carbocycles. The molecule has 8 aromatic carbocycles. The second-order valence-corrected chi connectivity index (χ2v) is 25.8. The van der Waals surface area contributed by atoms with Crippen LogP contribution >= 0.6 is 0 Å². The number of rotatable bonds is 32. The second kappa shape index (κ2) is 36.2. The largest absolute Gasteiger partial charge is 0.496 e. The molecule has 0 radical (unpaired) electrons. The molecule has 0 saturated carbocycles. The molecule has 8 aromatic rings. The second-order valence-electron chi connectivity index (χ2n) is 25.8. The monoisotopic (exact) mass is 1360 g/mol. The van der Waals surface area contributed by atoms with E-state index in [2.05, 4.69) is 73.2 Å². The van der Waals surface area contributed by atoms with E-state index in [1.54, 1.807) is 28.4 Å².